The molecule has 6 nitrogen and oxygen atoms in total. The second-order valence-corrected chi connectivity index (χ2v) is 6.19. The molecule has 1 aromatic carbocycles. The molecular weight excluding hydrogens is 335 g/mol. The van der Waals surface area contributed by atoms with Crippen LogP contribution in [0.25, 0.3) is 0 Å². The fraction of sp³-hybridized carbons (Fsp3) is 0.312. The van der Waals surface area contributed by atoms with Crippen LogP contribution in [0, 0.1) is 5.82 Å². The van der Waals surface area contributed by atoms with E-state index in [0.717, 1.165) is 17.8 Å². The lowest BCUT2D eigenvalue weighted by atomic mass is 9.95. The molecule has 1 aromatic heterocycles. The van der Waals surface area contributed by atoms with E-state index in [0.29, 0.717) is 12.8 Å². The lowest BCUT2D eigenvalue weighted by molar-refractivity contribution is -0.123. The van der Waals surface area contributed by atoms with E-state index in [4.69, 9.17) is 11.6 Å². The number of hydrogen-bond acceptors (Lipinski definition) is 3. The first-order chi connectivity index (χ1) is 11.4. The van der Waals surface area contributed by atoms with Crippen molar-refractivity contribution < 1.29 is 14.0 Å². The molecule has 2 N–H and O–H groups in total. The number of nitrogens with one attached hydrogen (secondary N) is 2. The predicted octanol–water partition coefficient (Wildman–Crippen LogP) is 1.96. The lowest BCUT2D eigenvalue weighted by Gasteiger charge is -2.33. The van der Waals surface area contributed by atoms with E-state index in [1.165, 1.54) is 6.07 Å². The Morgan fingerprint density at radius 2 is 2.25 bits per heavy atom. The fourth-order valence-corrected chi connectivity index (χ4v) is 3.06. The summed E-state index contributed by atoms with van der Waals surface area (Å²) in [7, 11) is 1.81. The van der Waals surface area contributed by atoms with E-state index in [9.17, 15) is 14.0 Å². The molecule has 126 valence electrons. The molecule has 1 fully saturated rings. The summed E-state index contributed by atoms with van der Waals surface area (Å²) < 4.78 is 15.2. The fourth-order valence-electron chi connectivity index (χ4n) is 2.84. The molecule has 0 spiro atoms. The molecule has 1 aliphatic rings. The van der Waals surface area contributed by atoms with Gasteiger partial charge in [-0.3, -0.25) is 9.59 Å². The summed E-state index contributed by atoms with van der Waals surface area (Å²) >= 11 is 5.80. The Hall–Kier alpha value is -2.41. The number of rotatable bonds is 3. The minimum absolute atomic E-state index is 0.0829. The highest BCUT2D eigenvalue weighted by Gasteiger charge is 2.32. The Balaban J connectivity index is 1.82. The Bertz CT molecular complexity index is 772. The van der Waals surface area contributed by atoms with E-state index in [-0.39, 0.29) is 22.5 Å². The molecule has 0 bridgehead atoms. The molecular formula is C16H16ClFN4O2. The standard InChI is InChI=1S/C16H16ClFN4O2/c1-22-8-19-7-13(22)15-12(2-3-14(23)21-15)20-16(24)9-4-10(17)6-11(18)5-9/h4-8,12,15H,2-3H2,1H3,(H,20,24)(H,21,23)/t12-,15-/m1/s1. The van der Waals surface area contributed by atoms with Crippen molar-refractivity contribution in [2.45, 2.75) is 24.9 Å². The van der Waals surface area contributed by atoms with E-state index < -0.39 is 17.8 Å². The molecule has 2 atom stereocenters. The highest BCUT2D eigenvalue weighted by molar-refractivity contribution is 6.31. The first-order valence-corrected chi connectivity index (χ1v) is 7.84. The Labute approximate surface area is 143 Å². The van der Waals surface area contributed by atoms with E-state index >= 15 is 0 Å². The monoisotopic (exact) mass is 350 g/mol. The van der Waals surface area contributed by atoms with Crippen LogP contribution in [0.3, 0.4) is 0 Å². The topological polar surface area (TPSA) is 76.0 Å². The maximum absolute atomic E-state index is 13.4. The predicted molar refractivity (Wildman–Crippen MR) is 86.0 cm³/mol. The highest BCUT2D eigenvalue weighted by Crippen LogP contribution is 2.24. The number of benzene rings is 1. The maximum atomic E-state index is 13.4. The zero-order chi connectivity index (χ0) is 17.3. The molecule has 24 heavy (non-hydrogen) atoms. The van der Waals surface area contributed by atoms with Crippen LogP contribution in [-0.2, 0) is 11.8 Å². The molecule has 0 radical (unpaired) electrons. The smallest absolute Gasteiger partial charge is 0.251 e. The first kappa shape index (κ1) is 16.4. The van der Waals surface area contributed by atoms with Crippen LogP contribution in [0.15, 0.2) is 30.7 Å². The SMILES string of the molecule is Cn1cncc1[C@@H]1NC(=O)CC[C@H]1NC(=O)c1cc(F)cc(Cl)c1. The third-order valence-electron chi connectivity index (χ3n) is 4.02. The number of halogens is 2. The number of piperidine rings is 1. The summed E-state index contributed by atoms with van der Waals surface area (Å²) in [6.07, 6.45) is 4.06. The van der Waals surface area contributed by atoms with Crippen molar-refractivity contribution in [2.24, 2.45) is 7.05 Å². The van der Waals surface area contributed by atoms with E-state index in [2.05, 4.69) is 15.6 Å². The second-order valence-electron chi connectivity index (χ2n) is 5.75. The van der Waals surface area contributed by atoms with Gasteiger partial charge in [-0.05, 0) is 24.6 Å². The van der Waals surface area contributed by atoms with Gasteiger partial charge in [0.1, 0.15) is 5.82 Å². The number of carbonyl (C=O) groups excluding carboxylic acids is 2. The third-order valence-corrected chi connectivity index (χ3v) is 4.23. The van der Waals surface area contributed by atoms with Crippen molar-refractivity contribution >= 4 is 23.4 Å². The Kier molecular flexibility index (Phi) is 4.53. The third kappa shape index (κ3) is 3.41. The van der Waals surface area contributed by atoms with Crippen LogP contribution >= 0.6 is 11.6 Å². The van der Waals surface area contributed by atoms with Crippen molar-refractivity contribution in [3.63, 3.8) is 0 Å². The highest BCUT2D eigenvalue weighted by atomic mass is 35.5. The molecule has 3 rings (SSSR count). The number of carbonyl (C=O) groups is 2. The van der Waals surface area contributed by atoms with E-state index in [1.807, 2.05) is 7.05 Å². The van der Waals surface area contributed by atoms with Gasteiger partial charge in [0.2, 0.25) is 5.91 Å². The molecule has 0 saturated carbocycles. The van der Waals surface area contributed by atoms with Gasteiger partial charge in [-0.25, -0.2) is 9.37 Å². The van der Waals surface area contributed by atoms with Gasteiger partial charge in [-0.15, -0.1) is 0 Å². The van der Waals surface area contributed by atoms with Gasteiger partial charge in [-0.2, -0.15) is 0 Å². The van der Waals surface area contributed by atoms with Gasteiger partial charge >= 0.3 is 0 Å². The zero-order valence-electron chi connectivity index (χ0n) is 12.9. The summed E-state index contributed by atoms with van der Waals surface area (Å²) in [6.45, 7) is 0. The summed E-state index contributed by atoms with van der Waals surface area (Å²) in [5, 5.41) is 5.88. The number of aryl methyl sites for hydroxylation is 1. The van der Waals surface area contributed by atoms with Crippen molar-refractivity contribution in [3.8, 4) is 0 Å². The average Bonchev–Trinajstić information content (AvgIpc) is 2.94. The lowest BCUT2D eigenvalue weighted by Crippen LogP contribution is -2.50. The number of aromatic nitrogens is 2. The number of hydrogen-bond donors (Lipinski definition) is 2. The van der Waals surface area contributed by atoms with Crippen molar-refractivity contribution in [1.82, 2.24) is 20.2 Å². The summed E-state index contributed by atoms with van der Waals surface area (Å²) in [5.74, 6) is -1.10. The molecule has 2 heterocycles. The van der Waals surface area contributed by atoms with Crippen LogP contribution in [0.1, 0.15) is 34.9 Å². The molecule has 1 saturated heterocycles. The molecule has 0 unspecified atom stereocenters. The zero-order valence-corrected chi connectivity index (χ0v) is 13.7. The second kappa shape index (κ2) is 6.60. The summed E-state index contributed by atoms with van der Waals surface area (Å²) in [5.41, 5.74) is 0.922. The summed E-state index contributed by atoms with van der Waals surface area (Å²) in [6, 6.07) is 2.94. The summed E-state index contributed by atoms with van der Waals surface area (Å²) in [4.78, 5) is 28.2. The van der Waals surface area contributed by atoms with Gasteiger partial charge in [0.25, 0.3) is 5.91 Å². The molecule has 1 aliphatic heterocycles. The Morgan fingerprint density at radius 3 is 2.92 bits per heavy atom. The molecule has 8 heteroatoms. The Morgan fingerprint density at radius 1 is 1.46 bits per heavy atom. The van der Waals surface area contributed by atoms with Crippen molar-refractivity contribution in [1.29, 1.82) is 0 Å². The maximum Gasteiger partial charge on any atom is 0.251 e. The number of amides is 2. The first-order valence-electron chi connectivity index (χ1n) is 7.46. The van der Waals surface area contributed by atoms with Gasteiger partial charge < -0.3 is 15.2 Å². The van der Waals surface area contributed by atoms with Crippen molar-refractivity contribution in [2.75, 3.05) is 0 Å². The van der Waals surface area contributed by atoms with Crippen LogP contribution in [0.5, 0.6) is 0 Å². The minimum atomic E-state index is -0.576. The van der Waals surface area contributed by atoms with E-state index in [1.54, 1.807) is 17.1 Å². The van der Waals surface area contributed by atoms with Crippen LogP contribution in [-0.4, -0.2) is 27.4 Å². The largest absolute Gasteiger partial charge is 0.347 e. The van der Waals surface area contributed by atoms with Crippen LogP contribution in [0.4, 0.5) is 4.39 Å². The van der Waals surface area contributed by atoms with Crippen LogP contribution in [0.2, 0.25) is 5.02 Å². The van der Waals surface area contributed by atoms with Gasteiger partial charge in [0.15, 0.2) is 0 Å². The van der Waals surface area contributed by atoms with Gasteiger partial charge in [0.05, 0.1) is 30.3 Å². The molecule has 2 amide bonds. The van der Waals surface area contributed by atoms with Crippen molar-refractivity contribution in [3.05, 3.63) is 52.8 Å². The molecule has 0 aliphatic carbocycles. The minimum Gasteiger partial charge on any atom is -0.347 e. The normalized spacial score (nSPS) is 20.5. The number of nitrogens with zero attached hydrogens (tertiary/aromatic N) is 2. The van der Waals surface area contributed by atoms with Gasteiger partial charge in [-0.1, -0.05) is 11.6 Å². The van der Waals surface area contributed by atoms with Crippen LogP contribution < -0.4 is 10.6 Å². The number of imidazole rings is 1. The quantitative estimate of drug-likeness (QED) is 0.888. The average molecular weight is 351 g/mol. The van der Waals surface area contributed by atoms with Gasteiger partial charge in [0, 0.05) is 24.1 Å². The molecule has 2 aromatic rings.